The Kier molecular flexibility index (Phi) is 1.98. The van der Waals surface area contributed by atoms with Crippen molar-refractivity contribution in [2.24, 2.45) is 5.92 Å². The predicted octanol–water partition coefficient (Wildman–Crippen LogP) is 1.12. The molecule has 0 radical (unpaired) electrons. The van der Waals surface area contributed by atoms with E-state index in [0.29, 0.717) is 12.0 Å². The minimum Gasteiger partial charge on any atom is -0.508 e. The Morgan fingerprint density at radius 2 is 2.21 bits per heavy atom. The molecule has 2 rings (SSSR count). The third kappa shape index (κ3) is 1.27. The average Bonchev–Trinajstić information content (AvgIpc) is 2.15. The van der Waals surface area contributed by atoms with Crippen LogP contribution < -0.4 is 0 Å². The maximum Gasteiger partial charge on any atom is 0.249 e. The van der Waals surface area contributed by atoms with Crippen molar-refractivity contribution >= 4 is 5.91 Å². The molecule has 1 aliphatic carbocycles. The van der Waals surface area contributed by atoms with E-state index in [-0.39, 0.29) is 23.3 Å². The van der Waals surface area contributed by atoms with Gasteiger partial charge in [0.2, 0.25) is 5.91 Å². The van der Waals surface area contributed by atoms with E-state index in [1.165, 1.54) is 6.08 Å². The molecule has 4 nitrogen and oxygen atoms in total. The van der Waals surface area contributed by atoms with Crippen molar-refractivity contribution < 1.29 is 15.0 Å². The molecule has 2 N–H and O–H groups in total. The van der Waals surface area contributed by atoms with Crippen molar-refractivity contribution in [3.63, 3.8) is 0 Å². The van der Waals surface area contributed by atoms with Gasteiger partial charge in [-0.2, -0.15) is 0 Å². The molecule has 76 valence electrons. The second-order valence-corrected chi connectivity index (χ2v) is 3.85. The van der Waals surface area contributed by atoms with Crippen LogP contribution in [-0.4, -0.2) is 34.6 Å². The van der Waals surface area contributed by atoms with Crippen molar-refractivity contribution in [1.82, 2.24) is 4.90 Å². The zero-order valence-electron chi connectivity index (χ0n) is 8.03. The number of hydrogen-bond donors (Lipinski definition) is 2. The molecule has 0 saturated carbocycles. The number of carbonyl (C=O) groups is 1. The Labute approximate surface area is 82.1 Å². The fraction of sp³-hybridized carbons (Fsp3) is 0.500. The summed E-state index contributed by atoms with van der Waals surface area (Å²) in [6, 6.07) is 0. The van der Waals surface area contributed by atoms with Gasteiger partial charge in [0.05, 0.1) is 0 Å². The number of allylic oxidation sites excluding steroid dienone is 2. The number of aliphatic hydroxyl groups excluding tert-OH is 2. The Balaban J connectivity index is 2.35. The minimum absolute atomic E-state index is 0.00361. The molecule has 1 saturated heterocycles. The number of nitrogens with zero attached hydrogens (tertiary/aromatic N) is 1. The highest BCUT2D eigenvalue weighted by Crippen LogP contribution is 2.33. The monoisotopic (exact) mass is 195 g/mol. The SMILES string of the molecule is CN1CCC2CC(O)=C(O)C=C2C1=O. The molecule has 1 atom stereocenters. The summed E-state index contributed by atoms with van der Waals surface area (Å²) in [5.74, 6) is -0.133. The molecule has 2 aliphatic rings. The molecule has 1 aliphatic heterocycles. The molecule has 0 bridgehead atoms. The minimum atomic E-state index is -0.167. The van der Waals surface area contributed by atoms with Gasteiger partial charge in [0.1, 0.15) is 5.76 Å². The first kappa shape index (κ1) is 9.12. The summed E-state index contributed by atoms with van der Waals surface area (Å²) in [7, 11) is 1.74. The van der Waals surface area contributed by atoms with Crippen LogP contribution in [-0.2, 0) is 4.79 Å². The molecule has 1 unspecified atom stereocenters. The van der Waals surface area contributed by atoms with Gasteiger partial charge in [-0.3, -0.25) is 4.79 Å². The smallest absolute Gasteiger partial charge is 0.249 e. The highest BCUT2D eigenvalue weighted by Gasteiger charge is 2.33. The maximum absolute atomic E-state index is 11.7. The lowest BCUT2D eigenvalue weighted by molar-refractivity contribution is -0.128. The number of amides is 1. The molecule has 1 heterocycles. The van der Waals surface area contributed by atoms with E-state index < -0.39 is 0 Å². The van der Waals surface area contributed by atoms with E-state index in [1.54, 1.807) is 11.9 Å². The first-order valence-corrected chi connectivity index (χ1v) is 4.67. The van der Waals surface area contributed by atoms with Crippen molar-refractivity contribution in [3.8, 4) is 0 Å². The van der Waals surface area contributed by atoms with Gasteiger partial charge in [-0.15, -0.1) is 0 Å². The standard InChI is InChI=1S/C10H13NO3/c1-11-3-2-6-4-8(12)9(13)5-7(6)10(11)14/h5-6,12-13H,2-4H2,1H3. The molecule has 0 aromatic rings. The van der Waals surface area contributed by atoms with Crippen LogP contribution in [0, 0.1) is 5.92 Å². The molecular weight excluding hydrogens is 182 g/mol. The van der Waals surface area contributed by atoms with Gasteiger partial charge in [-0.1, -0.05) is 0 Å². The Morgan fingerprint density at radius 3 is 2.93 bits per heavy atom. The van der Waals surface area contributed by atoms with Gasteiger partial charge in [0, 0.05) is 25.6 Å². The molecule has 14 heavy (non-hydrogen) atoms. The Hall–Kier alpha value is -1.45. The molecule has 1 amide bonds. The molecule has 4 heteroatoms. The fourth-order valence-corrected chi connectivity index (χ4v) is 1.96. The summed E-state index contributed by atoms with van der Waals surface area (Å²) in [4.78, 5) is 13.3. The lowest BCUT2D eigenvalue weighted by Gasteiger charge is -2.32. The second kappa shape index (κ2) is 3.04. The zero-order valence-corrected chi connectivity index (χ0v) is 8.03. The first-order valence-electron chi connectivity index (χ1n) is 4.67. The van der Waals surface area contributed by atoms with E-state index >= 15 is 0 Å². The first-order chi connectivity index (χ1) is 6.59. The summed E-state index contributed by atoms with van der Waals surface area (Å²) in [6.07, 6.45) is 2.63. The van der Waals surface area contributed by atoms with Crippen LogP contribution >= 0.6 is 0 Å². The molecule has 0 aromatic heterocycles. The van der Waals surface area contributed by atoms with Crippen LogP contribution in [0.3, 0.4) is 0 Å². The van der Waals surface area contributed by atoms with Crippen LogP contribution in [0.25, 0.3) is 0 Å². The van der Waals surface area contributed by atoms with Gasteiger partial charge >= 0.3 is 0 Å². The van der Waals surface area contributed by atoms with Crippen LogP contribution in [0.4, 0.5) is 0 Å². The number of rotatable bonds is 0. The fourth-order valence-electron chi connectivity index (χ4n) is 1.96. The number of piperidine rings is 1. The largest absolute Gasteiger partial charge is 0.508 e. The van der Waals surface area contributed by atoms with Crippen molar-refractivity contribution in [2.45, 2.75) is 12.8 Å². The number of hydrogen-bond acceptors (Lipinski definition) is 3. The van der Waals surface area contributed by atoms with Gasteiger partial charge in [0.25, 0.3) is 0 Å². The third-order valence-electron chi connectivity index (χ3n) is 2.87. The van der Waals surface area contributed by atoms with Gasteiger partial charge in [-0.25, -0.2) is 0 Å². The topological polar surface area (TPSA) is 60.8 Å². The number of fused-ring (bicyclic) bond motifs is 1. The summed E-state index contributed by atoms with van der Waals surface area (Å²) >= 11 is 0. The zero-order chi connectivity index (χ0) is 10.3. The van der Waals surface area contributed by atoms with Gasteiger partial charge in [-0.05, 0) is 18.4 Å². The molecule has 0 spiro atoms. The lowest BCUT2D eigenvalue weighted by atomic mass is 9.84. The maximum atomic E-state index is 11.7. The highest BCUT2D eigenvalue weighted by atomic mass is 16.3. The van der Waals surface area contributed by atoms with E-state index in [1.807, 2.05) is 0 Å². The van der Waals surface area contributed by atoms with Crippen molar-refractivity contribution in [2.75, 3.05) is 13.6 Å². The lowest BCUT2D eigenvalue weighted by Crippen LogP contribution is -2.39. The summed E-state index contributed by atoms with van der Waals surface area (Å²) < 4.78 is 0. The number of carbonyl (C=O) groups excluding carboxylic acids is 1. The Bertz CT molecular complexity index is 343. The molecular formula is C10H13NO3. The second-order valence-electron chi connectivity index (χ2n) is 3.85. The summed E-state index contributed by atoms with van der Waals surface area (Å²) in [5, 5.41) is 18.6. The van der Waals surface area contributed by atoms with E-state index in [0.717, 1.165) is 13.0 Å². The number of likely N-dealkylation sites (N-methyl/N-ethyl adjacent to an activating group) is 1. The number of aliphatic hydroxyl groups is 2. The van der Waals surface area contributed by atoms with Gasteiger partial charge < -0.3 is 15.1 Å². The summed E-state index contributed by atoms with van der Waals surface area (Å²) in [5.41, 5.74) is 0.619. The van der Waals surface area contributed by atoms with E-state index in [9.17, 15) is 15.0 Å². The summed E-state index contributed by atoms with van der Waals surface area (Å²) in [6.45, 7) is 0.717. The normalized spacial score (nSPS) is 27.5. The van der Waals surface area contributed by atoms with E-state index in [4.69, 9.17) is 0 Å². The van der Waals surface area contributed by atoms with Crippen molar-refractivity contribution in [1.29, 1.82) is 0 Å². The quantitative estimate of drug-likeness (QED) is 0.609. The molecule has 1 fully saturated rings. The van der Waals surface area contributed by atoms with Crippen LogP contribution in [0.5, 0.6) is 0 Å². The number of likely N-dealkylation sites (tertiary alicyclic amines) is 1. The Morgan fingerprint density at radius 1 is 1.50 bits per heavy atom. The third-order valence-corrected chi connectivity index (χ3v) is 2.87. The predicted molar refractivity (Wildman–Crippen MR) is 50.7 cm³/mol. The van der Waals surface area contributed by atoms with Crippen LogP contribution in [0.1, 0.15) is 12.8 Å². The highest BCUT2D eigenvalue weighted by molar-refractivity contribution is 5.95. The van der Waals surface area contributed by atoms with Crippen molar-refractivity contribution in [3.05, 3.63) is 23.2 Å². The van der Waals surface area contributed by atoms with Crippen LogP contribution in [0.2, 0.25) is 0 Å². The van der Waals surface area contributed by atoms with E-state index in [2.05, 4.69) is 0 Å². The van der Waals surface area contributed by atoms with Gasteiger partial charge in [0.15, 0.2) is 5.76 Å². The average molecular weight is 195 g/mol. The van der Waals surface area contributed by atoms with Crippen LogP contribution in [0.15, 0.2) is 23.2 Å². The molecule has 0 aromatic carbocycles.